The summed E-state index contributed by atoms with van der Waals surface area (Å²) in [6.45, 7) is 0.449. The maximum Gasteiger partial charge on any atom is 0.263 e. The van der Waals surface area contributed by atoms with E-state index in [1.54, 1.807) is 11.3 Å². The largest absolute Gasteiger partial charge is 0.325 e. The average Bonchev–Trinajstić information content (AvgIpc) is 3.04. The van der Waals surface area contributed by atoms with Gasteiger partial charge in [0, 0.05) is 15.0 Å². The molecule has 0 unspecified atom stereocenters. The first-order chi connectivity index (χ1) is 13.9. The molecule has 0 saturated carbocycles. The van der Waals surface area contributed by atoms with Crippen molar-refractivity contribution in [3.05, 3.63) is 55.4 Å². The third-order valence-corrected chi connectivity index (χ3v) is 6.76. The Hall–Kier alpha value is -2.03. The third-order valence-electron chi connectivity index (χ3n) is 5.04. The average molecular weight is 475 g/mol. The van der Waals surface area contributed by atoms with Crippen LogP contribution < -0.4 is 10.9 Å². The highest BCUT2D eigenvalue weighted by Crippen LogP contribution is 2.33. The van der Waals surface area contributed by atoms with Gasteiger partial charge in [0.05, 0.1) is 11.9 Å². The minimum atomic E-state index is -0.236. The highest BCUT2D eigenvalue weighted by Gasteiger charge is 2.23. The van der Waals surface area contributed by atoms with E-state index in [1.165, 1.54) is 9.44 Å². The first-order valence-electron chi connectivity index (χ1n) is 9.66. The molecule has 6 nitrogen and oxygen atoms in total. The Bertz CT molecular complexity index is 1120. The van der Waals surface area contributed by atoms with Crippen molar-refractivity contribution in [3.63, 3.8) is 0 Å². The standard InChI is InChI=1S/C21H23BrN4O2S/c1-25(2)11-17-24-20-19(15-5-3-4-6-16(15)29-20)21(28)26(17)12-18(27)23-14-9-7-13(22)8-10-14/h7-10H,3-6,11-12H2,1-2H3,(H,23,27). The van der Waals surface area contributed by atoms with Gasteiger partial charge in [0.15, 0.2) is 0 Å². The van der Waals surface area contributed by atoms with Crippen molar-refractivity contribution in [1.82, 2.24) is 14.5 Å². The minimum Gasteiger partial charge on any atom is -0.325 e. The normalized spacial score (nSPS) is 13.7. The number of nitrogens with one attached hydrogen (secondary N) is 1. The topological polar surface area (TPSA) is 67.2 Å². The van der Waals surface area contributed by atoms with Crippen LogP contribution in [0.5, 0.6) is 0 Å². The fourth-order valence-corrected chi connectivity index (χ4v) is 5.26. The zero-order chi connectivity index (χ0) is 20.5. The Kier molecular flexibility index (Phi) is 5.85. The van der Waals surface area contributed by atoms with Gasteiger partial charge < -0.3 is 10.2 Å². The van der Waals surface area contributed by atoms with E-state index in [4.69, 9.17) is 4.98 Å². The van der Waals surface area contributed by atoms with Gasteiger partial charge in [-0.3, -0.25) is 14.2 Å². The predicted octanol–water partition coefficient (Wildman–Crippen LogP) is 3.80. The smallest absolute Gasteiger partial charge is 0.263 e. The number of aryl methyl sites for hydroxylation is 2. The molecule has 152 valence electrons. The Morgan fingerprint density at radius 1 is 1.24 bits per heavy atom. The van der Waals surface area contributed by atoms with Crippen LogP contribution in [0, 0.1) is 0 Å². The molecule has 1 N–H and O–H groups in total. The number of benzene rings is 1. The second-order valence-electron chi connectivity index (χ2n) is 7.60. The van der Waals surface area contributed by atoms with Crippen molar-refractivity contribution >= 4 is 49.1 Å². The van der Waals surface area contributed by atoms with Crippen LogP contribution in [-0.2, 0) is 30.7 Å². The summed E-state index contributed by atoms with van der Waals surface area (Å²) in [5.41, 5.74) is 1.74. The Labute approximate surface area is 181 Å². The number of halogens is 1. The van der Waals surface area contributed by atoms with Crippen LogP contribution in [0.3, 0.4) is 0 Å². The highest BCUT2D eigenvalue weighted by atomic mass is 79.9. The van der Waals surface area contributed by atoms with Gasteiger partial charge in [0.1, 0.15) is 17.2 Å². The van der Waals surface area contributed by atoms with Gasteiger partial charge in [0.2, 0.25) is 5.91 Å². The second-order valence-corrected chi connectivity index (χ2v) is 9.60. The van der Waals surface area contributed by atoms with Crippen LogP contribution in [0.15, 0.2) is 33.5 Å². The van der Waals surface area contributed by atoms with Crippen molar-refractivity contribution in [2.75, 3.05) is 19.4 Å². The molecule has 0 spiro atoms. The van der Waals surface area contributed by atoms with Crippen molar-refractivity contribution in [2.24, 2.45) is 0 Å². The summed E-state index contributed by atoms with van der Waals surface area (Å²) in [6, 6.07) is 7.37. The molecule has 1 aliphatic rings. The van der Waals surface area contributed by atoms with Gasteiger partial charge in [-0.1, -0.05) is 15.9 Å². The van der Waals surface area contributed by atoms with E-state index < -0.39 is 0 Å². The highest BCUT2D eigenvalue weighted by molar-refractivity contribution is 9.10. The molecule has 1 aliphatic carbocycles. The van der Waals surface area contributed by atoms with Gasteiger partial charge in [-0.15, -0.1) is 11.3 Å². The van der Waals surface area contributed by atoms with Crippen LogP contribution in [0.2, 0.25) is 0 Å². The molecule has 0 fully saturated rings. The molecule has 1 amide bonds. The number of fused-ring (bicyclic) bond motifs is 3. The quantitative estimate of drug-likeness (QED) is 0.610. The first-order valence-corrected chi connectivity index (χ1v) is 11.3. The van der Waals surface area contributed by atoms with E-state index in [0.717, 1.165) is 40.5 Å². The molecule has 0 saturated heterocycles. The fourth-order valence-electron chi connectivity index (χ4n) is 3.72. The van der Waals surface area contributed by atoms with Crippen LogP contribution in [0.1, 0.15) is 29.1 Å². The number of nitrogens with zero attached hydrogens (tertiary/aromatic N) is 3. The minimum absolute atomic E-state index is 0.0500. The van der Waals surface area contributed by atoms with Gasteiger partial charge >= 0.3 is 0 Å². The van der Waals surface area contributed by atoms with E-state index in [0.29, 0.717) is 23.4 Å². The van der Waals surface area contributed by atoms with E-state index in [9.17, 15) is 9.59 Å². The number of rotatable bonds is 5. The summed E-state index contributed by atoms with van der Waals surface area (Å²) in [5, 5.41) is 3.58. The zero-order valence-electron chi connectivity index (χ0n) is 16.5. The van der Waals surface area contributed by atoms with Crippen molar-refractivity contribution in [1.29, 1.82) is 0 Å². The Balaban J connectivity index is 1.72. The molecule has 3 aromatic rings. The van der Waals surface area contributed by atoms with Crippen LogP contribution in [0.25, 0.3) is 10.2 Å². The maximum absolute atomic E-state index is 13.4. The lowest BCUT2D eigenvalue weighted by Crippen LogP contribution is -2.33. The van der Waals surface area contributed by atoms with E-state index in [2.05, 4.69) is 21.2 Å². The maximum atomic E-state index is 13.4. The molecule has 0 bridgehead atoms. The lowest BCUT2D eigenvalue weighted by Gasteiger charge is -2.16. The SMILES string of the molecule is CN(C)Cc1nc2sc3c(c2c(=O)n1CC(=O)Nc1ccc(Br)cc1)CCCC3. The second kappa shape index (κ2) is 8.38. The molecule has 8 heteroatoms. The lowest BCUT2D eigenvalue weighted by molar-refractivity contribution is -0.116. The number of thiophene rings is 1. The van der Waals surface area contributed by atoms with Gasteiger partial charge in [-0.05, 0) is 69.6 Å². The first kappa shape index (κ1) is 20.3. The molecule has 29 heavy (non-hydrogen) atoms. The summed E-state index contributed by atoms with van der Waals surface area (Å²) < 4.78 is 2.48. The van der Waals surface area contributed by atoms with Crippen molar-refractivity contribution < 1.29 is 4.79 Å². The van der Waals surface area contributed by atoms with Crippen LogP contribution in [0.4, 0.5) is 5.69 Å². The summed E-state index contributed by atoms with van der Waals surface area (Å²) in [7, 11) is 3.87. The summed E-state index contributed by atoms with van der Waals surface area (Å²) >= 11 is 5.03. The van der Waals surface area contributed by atoms with E-state index in [-0.39, 0.29) is 18.0 Å². The Morgan fingerprint density at radius 3 is 2.69 bits per heavy atom. The van der Waals surface area contributed by atoms with Crippen LogP contribution in [-0.4, -0.2) is 34.5 Å². The number of carbonyl (C=O) groups is 1. The molecular weight excluding hydrogens is 452 g/mol. The molecular formula is C21H23BrN4O2S. The zero-order valence-corrected chi connectivity index (χ0v) is 18.9. The summed E-state index contributed by atoms with van der Waals surface area (Å²) in [4.78, 5) is 35.0. The number of hydrogen-bond acceptors (Lipinski definition) is 5. The van der Waals surface area contributed by atoms with Gasteiger partial charge in [0.25, 0.3) is 5.56 Å². The van der Waals surface area contributed by atoms with E-state index in [1.807, 2.05) is 43.3 Å². The predicted molar refractivity (Wildman–Crippen MR) is 121 cm³/mol. The summed E-state index contributed by atoms with van der Waals surface area (Å²) in [5.74, 6) is 0.386. The number of hydrogen-bond donors (Lipinski definition) is 1. The Morgan fingerprint density at radius 2 is 1.97 bits per heavy atom. The number of aromatic nitrogens is 2. The van der Waals surface area contributed by atoms with Crippen molar-refractivity contribution in [2.45, 2.75) is 38.8 Å². The van der Waals surface area contributed by atoms with Crippen molar-refractivity contribution in [3.8, 4) is 0 Å². The van der Waals surface area contributed by atoms with Gasteiger partial charge in [-0.25, -0.2) is 4.98 Å². The molecule has 2 aromatic heterocycles. The van der Waals surface area contributed by atoms with E-state index >= 15 is 0 Å². The fraction of sp³-hybridized carbons (Fsp3) is 0.381. The molecule has 4 rings (SSSR count). The number of carbonyl (C=O) groups excluding carboxylic acids is 1. The number of anilines is 1. The lowest BCUT2D eigenvalue weighted by atomic mass is 9.97. The van der Waals surface area contributed by atoms with Gasteiger partial charge in [-0.2, -0.15) is 0 Å². The monoisotopic (exact) mass is 474 g/mol. The molecule has 0 radical (unpaired) electrons. The molecule has 0 atom stereocenters. The van der Waals surface area contributed by atoms with Crippen LogP contribution >= 0.6 is 27.3 Å². The number of amides is 1. The molecule has 1 aromatic carbocycles. The summed E-state index contributed by atoms with van der Waals surface area (Å²) in [6.07, 6.45) is 4.20. The molecule has 2 heterocycles. The third kappa shape index (κ3) is 4.29. The molecule has 0 aliphatic heterocycles.